The fourth-order valence-electron chi connectivity index (χ4n) is 2.88. The number of hydrogen-bond acceptors (Lipinski definition) is 3. The van der Waals surface area contributed by atoms with Crippen LogP contribution >= 0.6 is 0 Å². The Labute approximate surface area is 109 Å². The second-order valence-corrected chi connectivity index (χ2v) is 5.16. The highest BCUT2D eigenvalue weighted by molar-refractivity contribution is 5.20. The molecule has 0 saturated carbocycles. The van der Waals surface area contributed by atoms with Crippen molar-refractivity contribution >= 4 is 0 Å². The lowest BCUT2D eigenvalue weighted by Gasteiger charge is -2.41. The highest BCUT2D eigenvalue weighted by Gasteiger charge is 2.29. The highest BCUT2D eigenvalue weighted by Crippen LogP contribution is 2.30. The molecule has 0 bridgehead atoms. The van der Waals surface area contributed by atoms with Crippen LogP contribution in [-0.2, 0) is 0 Å². The lowest BCUT2D eigenvalue weighted by Crippen LogP contribution is -2.47. The molecule has 3 atom stereocenters. The molecule has 0 amide bonds. The lowest BCUT2D eigenvalue weighted by molar-refractivity contribution is 0.0972. The molecule has 0 radical (unpaired) electrons. The molecule has 3 heteroatoms. The van der Waals surface area contributed by atoms with Gasteiger partial charge in [-0.1, -0.05) is 30.3 Å². The van der Waals surface area contributed by atoms with Gasteiger partial charge in [0.15, 0.2) is 0 Å². The van der Waals surface area contributed by atoms with Crippen molar-refractivity contribution in [2.75, 3.05) is 6.54 Å². The van der Waals surface area contributed by atoms with Crippen LogP contribution in [0.15, 0.2) is 30.3 Å². The molecule has 3 nitrogen and oxygen atoms in total. The second kappa shape index (κ2) is 5.99. The Morgan fingerprint density at radius 2 is 2.17 bits per heavy atom. The van der Waals surface area contributed by atoms with Gasteiger partial charge in [0, 0.05) is 24.7 Å². The van der Waals surface area contributed by atoms with Crippen LogP contribution in [0.25, 0.3) is 0 Å². The fraction of sp³-hybridized carbons (Fsp3) is 0.533. The quantitative estimate of drug-likeness (QED) is 0.887. The molecule has 1 aromatic carbocycles. The van der Waals surface area contributed by atoms with E-state index in [1.54, 1.807) is 0 Å². The van der Waals surface area contributed by atoms with Gasteiger partial charge in [0.05, 0.1) is 12.5 Å². The first kappa shape index (κ1) is 13.1. The predicted octanol–water partition coefficient (Wildman–Crippen LogP) is 2.45. The van der Waals surface area contributed by atoms with Crippen LogP contribution in [0.1, 0.15) is 37.8 Å². The van der Waals surface area contributed by atoms with Crippen molar-refractivity contribution in [2.24, 2.45) is 5.73 Å². The third-order valence-corrected chi connectivity index (χ3v) is 3.84. The van der Waals surface area contributed by atoms with Crippen molar-refractivity contribution in [2.45, 2.75) is 44.3 Å². The van der Waals surface area contributed by atoms with Crippen molar-refractivity contribution < 1.29 is 0 Å². The van der Waals surface area contributed by atoms with E-state index in [0.29, 0.717) is 18.5 Å². The first-order chi connectivity index (χ1) is 8.72. The molecular formula is C15H21N3. The maximum Gasteiger partial charge on any atom is 0.0641 e. The summed E-state index contributed by atoms with van der Waals surface area (Å²) in [6.45, 7) is 3.20. The van der Waals surface area contributed by atoms with Gasteiger partial charge in [-0.25, -0.2) is 0 Å². The molecule has 1 saturated heterocycles. The minimum Gasteiger partial charge on any atom is -0.328 e. The second-order valence-electron chi connectivity index (χ2n) is 5.16. The van der Waals surface area contributed by atoms with Crippen molar-refractivity contribution in [3.63, 3.8) is 0 Å². The number of benzene rings is 1. The number of nitrogens with zero attached hydrogens (tertiary/aromatic N) is 2. The molecule has 1 aliphatic rings. The van der Waals surface area contributed by atoms with E-state index in [9.17, 15) is 0 Å². The summed E-state index contributed by atoms with van der Waals surface area (Å²) >= 11 is 0. The number of rotatable bonds is 3. The van der Waals surface area contributed by atoms with E-state index in [1.807, 2.05) is 18.2 Å². The number of likely N-dealkylation sites (tertiary alicyclic amines) is 1. The van der Waals surface area contributed by atoms with Crippen LogP contribution in [0.5, 0.6) is 0 Å². The molecule has 96 valence electrons. The third-order valence-electron chi connectivity index (χ3n) is 3.84. The van der Waals surface area contributed by atoms with E-state index < -0.39 is 0 Å². The standard InChI is InChI=1S/C15H21N3/c1-12-11-14(17)8-10-18(12)15(7-9-16)13-5-3-2-4-6-13/h2-6,12,14-15H,7-8,10-11,17H2,1H3. The lowest BCUT2D eigenvalue weighted by atomic mass is 9.93. The number of piperidine rings is 1. The van der Waals surface area contributed by atoms with Crippen molar-refractivity contribution in [3.05, 3.63) is 35.9 Å². The number of nitrogens with two attached hydrogens (primary N) is 1. The van der Waals surface area contributed by atoms with Gasteiger partial charge < -0.3 is 5.73 Å². The number of nitriles is 1. The van der Waals surface area contributed by atoms with Gasteiger partial charge in [-0.05, 0) is 25.3 Å². The van der Waals surface area contributed by atoms with E-state index in [-0.39, 0.29) is 6.04 Å². The van der Waals surface area contributed by atoms with Gasteiger partial charge in [0.1, 0.15) is 0 Å². The van der Waals surface area contributed by atoms with E-state index in [2.05, 4.69) is 30.0 Å². The fourth-order valence-corrected chi connectivity index (χ4v) is 2.88. The zero-order chi connectivity index (χ0) is 13.0. The Kier molecular flexibility index (Phi) is 4.35. The van der Waals surface area contributed by atoms with Gasteiger partial charge in [0.25, 0.3) is 0 Å². The average Bonchev–Trinajstić information content (AvgIpc) is 2.38. The predicted molar refractivity (Wildman–Crippen MR) is 72.8 cm³/mol. The summed E-state index contributed by atoms with van der Waals surface area (Å²) < 4.78 is 0. The molecule has 0 aromatic heterocycles. The zero-order valence-electron chi connectivity index (χ0n) is 10.9. The van der Waals surface area contributed by atoms with E-state index >= 15 is 0 Å². The molecule has 0 aliphatic carbocycles. The van der Waals surface area contributed by atoms with Gasteiger partial charge in [-0.3, -0.25) is 4.90 Å². The van der Waals surface area contributed by atoms with E-state index in [1.165, 1.54) is 5.56 Å². The Morgan fingerprint density at radius 3 is 2.78 bits per heavy atom. The van der Waals surface area contributed by atoms with Gasteiger partial charge in [0.2, 0.25) is 0 Å². The molecule has 1 fully saturated rings. The Bertz CT molecular complexity index is 409. The smallest absolute Gasteiger partial charge is 0.0641 e. The molecule has 1 aliphatic heterocycles. The van der Waals surface area contributed by atoms with E-state index in [4.69, 9.17) is 11.0 Å². The zero-order valence-corrected chi connectivity index (χ0v) is 10.9. The van der Waals surface area contributed by atoms with Crippen LogP contribution in [0.4, 0.5) is 0 Å². The first-order valence-electron chi connectivity index (χ1n) is 6.65. The van der Waals surface area contributed by atoms with Gasteiger partial charge in [-0.2, -0.15) is 5.26 Å². The molecule has 0 spiro atoms. The summed E-state index contributed by atoms with van der Waals surface area (Å²) in [5.74, 6) is 0. The summed E-state index contributed by atoms with van der Waals surface area (Å²) in [6, 6.07) is 13.6. The van der Waals surface area contributed by atoms with Crippen LogP contribution in [0.2, 0.25) is 0 Å². The van der Waals surface area contributed by atoms with Gasteiger partial charge in [-0.15, -0.1) is 0 Å². The summed E-state index contributed by atoms with van der Waals surface area (Å²) in [7, 11) is 0. The normalized spacial score (nSPS) is 26.5. The Morgan fingerprint density at radius 1 is 1.44 bits per heavy atom. The Balaban J connectivity index is 2.18. The summed E-state index contributed by atoms with van der Waals surface area (Å²) in [5, 5.41) is 9.07. The average molecular weight is 243 g/mol. The molecule has 18 heavy (non-hydrogen) atoms. The first-order valence-corrected chi connectivity index (χ1v) is 6.65. The summed E-state index contributed by atoms with van der Waals surface area (Å²) in [6.07, 6.45) is 2.59. The van der Waals surface area contributed by atoms with Crippen LogP contribution in [-0.4, -0.2) is 23.5 Å². The van der Waals surface area contributed by atoms with Gasteiger partial charge >= 0.3 is 0 Å². The summed E-state index contributed by atoms with van der Waals surface area (Å²) in [5.41, 5.74) is 7.25. The largest absolute Gasteiger partial charge is 0.328 e. The third kappa shape index (κ3) is 2.90. The van der Waals surface area contributed by atoms with Crippen LogP contribution in [0, 0.1) is 11.3 Å². The SMILES string of the molecule is CC1CC(N)CCN1C(CC#N)c1ccccc1. The molecular weight excluding hydrogens is 222 g/mol. The molecule has 1 heterocycles. The monoisotopic (exact) mass is 243 g/mol. The molecule has 2 N–H and O–H groups in total. The maximum atomic E-state index is 9.07. The molecule has 2 rings (SSSR count). The van der Waals surface area contributed by atoms with Crippen molar-refractivity contribution in [1.82, 2.24) is 4.90 Å². The van der Waals surface area contributed by atoms with Crippen LogP contribution in [0.3, 0.4) is 0 Å². The van der Waals surface area contributed by atoms with Crippen molar-refractivity contribution in [3.8, 4) is 6.07 Å². The van der Waals surface area contributed by atoms with E-state index in [0.717, 1.165) is 19.4 Å². The molecule has 3 unspecified atom stereocenters. The Hall–Kier alpha value is -1.37. The molecule has 1 aromatic rings. The minimum atomic E-state index is 0.207. The number of hydrogen-bond donors (Lipinski definition) is 1. The van der Waals surface area contributed by atoms with Crippen molar-refractivity contribution in [1.29, 1.82) is 5.26 Å². The topological polar surface area (TPSA) is 53.0 Å². The highest BCUT2D eigenvalue weighted by atomic mass is 15.2. The summed E-state index contributed by atoms with van der Waals surface area (Å²) in [4.78, 5) is 2.43. The van der Waals surface area contributed by atoms with Crippen LogP contribution < -0.4 is 5.73 Å². The maximum absolute atomic E-state index is 9.07. The minimum absolute atomic E-state index is 0.207.